The molecule has 0 aliphatic carbocycles. The number of para-hydroxylation sites is 2. The van der Waals surface area contributed by atoms with Crippen LogP contribution in [0, 0.1) is 13.8 Å². The van der Waals surface area contributed by atoms with Crippen LogP contribution < -0.4 is 0 Å². The van der Waals surface area contributed by atoms with Crippen LogP contribution in [0.15, 0.2) is 60.0 Å². The maximum atomic E-state index is 4.89. The van der Waals surface area contributed by atoms with E-state index < -0.39 is 0 Å². The Labute approximate surface area is 154 Å². The lowest BCUT2D eigenvalue weighted by Gasteiger charge is -2.10. The summed E-state index contributed by atoms with van der Waals surface area (Å²) in [5, 5.41) is 2.07. The molecule has 0 bridgehead atoms. The molecule has 0 saturated heterocycles. The van der Waals surface area contributed by atoms with Gasteiger partial charge in [0.25, 0.3) is 0 Å². The Balaban J connectivity index is 1.91. The van der Waals surface area contributed by atoms with E-state index in [2.05, 4.69) is 48.1 Å². The van der Waals surface area contributed by atoms with E-state index in [4.69, 9.17) is 15.0 Å². The summed E-state index contributed by atoms with van der Waals surface area (Å²) in [5.74, 6) is 0.885. The Kier molecular flexibility index (Phi) is 3.36. The van der Waals surface area contributed by atoms with Gasteiger partial charge in [0, 0.05) is 5.69 Å². The highest BCUT2D eigenvalue weighted by molar-refractivity contribution is 7.13. The summed E-state index contributed by atoms with van der Waals surface area (Å²) < 4.78 is 2.13. The molecule has 126 valence electrons. The van der Waals surface area contributed by atoms with Crippen molar-refractivity contribution in [3.63, 3.8) is 0 Å². The Hall–Kier alpha value is -3.05. The monoisotopic (exact) mass is 356 g/mol. The van der Waals surface area contributed by atoms with Gasteiger partial charge in [-0.15, -0.1) is 11.3 Å². The highest BCUT2D eigenvalue weighted by atomic mass is 32.1. The maximum Gasteiger partial charge on any atom is 0.199 e. The molecular weight excluding hydrogens is 340 g/mol. The summed E-state index contributed by atoms with van der Waals surface area (Å²) in [6.07, 6.45) is 0. The molecule has 3 aromatic heterocycles. The zero-order chi connectivity index (χ0) is 17.7. The number of hydrogen-bond donors (Lipinski definition) is 0. The Morgan fingerprint density at radius 2 is 1.54 bits per heavy atom. The maximum absolute atomic E-state index is 4.89. The van der Waals surface area contributed by atoms with Gasteiger partial charge in [0.15, 0.2) is 17.1 Å². The molecule has 0 N–H and O–H groups in total. The third kappa shape index (κ3) is 2.40. The molecule has 4 nitrogen and oxygen atoms in total. The van der Waals surface area contributed by atoms with Crippen LogP contribution >= 0.6 is 11.3 Å². The minimum Gasteiger partial charge on any atom is -0.275 e. The van der Waals surface area contributed by atoms with Gasteiger partial charge in [0.1, 0.15) is 0 Å². The summed E-state index contributed by atoms with van der Waals surface area (Å²) in [5.41, 5.74) is 6.70. The molecule has 0 amide bonds. The number of nitrogens with zero attached hydrogens (tertiary/aromatic N) is 4. The van der Waals surface area contributed by atoms with E-state index in [0.29, 0.717) is 5.65 Å². The largest absolute Gasteiger partial charge is 0.275 e. The quantitative estimate of drug-likeness (QED) is 0.430. The average Bonchev–Trinajstić information content (AvgIpc) is 3.26. The normalized spacial score (nSPS) is 11.5. The lowest BCUT2D eigenvalue weighted by molar-refractivity contribution is 1.08. The first-order chi connectivity index (χ1) is 12.7. The number of fused-ring (bicyclic) bond motifs is 2. The van der Waals surface area contributed by atoms with Gasteiger partial charge in [0.2, 0.25) is 0 Å². The molecule has 26 heavy (non-hydrogen) atoms. The topological polar surface area (TPSA) is 43.6 Å². The fourth-order valence-corrected chi connectivity index (χ4v) is 4.06. The molecule has 0 atom stereocenters. The van der Waals surface area contributed by atoms with Crippen molar-refractivity contribution in [3.8, 4) is 16.4 Å². The fraction of sp³-hybridized carbons (Fsp3) is 0.0952. The number of imidazole rings is 1. The fourth-order valence-electron chi connectivity index (χ4n) is 3.35. The van der Waals surface area contributed by atoms with Crippen molar-refractivity contribution in [1.29, 1.82) is 0 Å². The van der Waals surface area contributed by atoms with Gasteiger partial charge in [0.05, 0.1) is 15.9 Å². The number of rotatable bonds is 2. The predicted octanol–water partition coefficient (Wildman–Crippen LogP) is 5.31. The van der Waals surface area contributed by atoms with E-state index in [-0.39, 0.29) is 0 Å². The first kappa shape index (κ1) is 15.2. The van der Waals surface area contributed by atoms with Crippen molar-refractivity contribution >= 4 is 33.7 Å². The standard InChI is InChI=1S/C21H16N4S/c1-13-10-14(2)12-15(11-13)25-20(18-8-5-9-26-18)24-19-21(25)23-17-7-4-3-6-16(17)22-19/h3-12H,1-2H3. The molecule has 0 fully saturated rings. The van der Waals surface area contributed by atoms with Gasteiger partial charge in [-0.2, -0.15) is 0 Å². The molecule has 0 saturated carbocycles. The van der Waals surface area contributed by atoms with Crippen LogP contribution in [0.25, 0.3) is 38.7 Å². The molecule has 5 rings (SSSR count). The van der Waals surface area contributed by atoms with E-state index in [1.807, 2.05) is 30.3 Å². The SMILES string of the molecule is Cc1cc(C)cc(-n2c(-c3cccs3)nc3nc4ccccc4nc32)c1. The number of thiophene rings is 1. The summed E-state index contributed by atoms with van der Waals surface area (Å²) in [6.45, 7) is 4.23. The third-order valence-electron chi connectivity index (χ3n) is 4.38. The highest BCUT2D eigenvalue weighted by Crippen LogP contribution is 2.31. The Bertz CT molecular complexity index is 1230. The number of aryl methyl sites for hydroxylation is 2. The molecule has 0 unspecified atom stereocenters. The molecular formula is C21H16N4S. The van der Waals surface area contributed by atoms with E-state index >= 15 is 0 Å². The number of hydrogen-bond acceptors (Lipinski definition) is 4. The minimum absolute atomic E-state index is 0.672. The molecule has 0 aliphatic rings. The van der Waals surface area contributed by atoms with Crippen LogP contribution in [0.2, 0.25) is 0 Å². The lowest BCUT2D eigenvalue weighted by Crippen LogP contribution is -1.99. The van der Waals surface area contributed by atoms with E-state index in [1.54, 1.807) is 11.3 Å². The van der Waals surface area contributed by atoms with Crippen LogP contribution in [0.3, 0.4) is 0 Å². The second kappa shape index (κ2) is 5.75. The van der Waals surface area contributed by atoms with Crippen molar-refractivity contribution in [2.45, 2.75) is 13.8 Å². The first-order valence-electron chi connectivity index (χ1n) is 8.47. The van der Waals surface area contributed by atoms with Crippen molar-refractivity contribution in [1.82, 2.24) is 19.5 Å². The number of aromatic nitrogens is 4. The van der Waals surface area contributed by atoms with E-state index in [0.717, 1.165) is 33.1 Å². The second-order valence-corrected chi connectivity index (χ2v) is 7.40. The van der Waals surface area contributed by atoms with Crippen LogP contribution in [-0.4, -0.2) is 19.5 Å². The summed E-state index contributed by atoms with van der Waals surface area (Å²) >= 11 is 1.67. The van der Waals surface area contributed by atoms with Gasteiger partial charge < -0.3 is 0 Å². The van der Waals surface area contributed by atoms with Gasteiger partial charge in [-0.05, 0) is 60.7 Å². The van der Waals surface area contributed by atoms with Crippen molar-refractivity contribution in [2.75, 3.05) is 0 Å². The van der Waals surface area contributed by atoms with Gasteiger partial charge in [-0.3, -0.25) is 4.57 Å². The average molecular weight is 356 g/mol. The number of benzene rings is 2. The van der Waals surface area contributed by atoms with Crippen LogP contribution in [-0.2, 0) is 0 Å². The summed E-state index contributed by atoms with van der Waals surface area (Å²) in [7, 11) is 0. The van der Waals surface area contributed by atoms with Crippen molar-refractivity contribution in [2.24, 2.45) is 0 Å². The van der Waals surface area contributed by atoms with Gasteiger partial charge in [-0.1, -0.05) is 24.3 Å². The smallest absolute Gasteiger partial charge is 0.199 e. The zero-order valence-corrected chi connectivity index (χ0v) is 15.3. The van der Waals surface area contributed by atoms with E-state index in [9.17, 15) is 0 Å². The molecule has 2 aromatic carbocycles. The van der Waals surface area contributed by atoms with Crippen molar-refractivity contribution in [3.05, 3.63) is 71.1 Å². The minimum atomic E-state index is 0.672. The predicted molar refractivity (Wildman–Crippen MR) is 107 cm³/mol. The molecule has 3 heterocycles. The van der Waals surface area contributed by atoms with Crippen molar-refractivity contribution < 1.29 is 0 Å². The first-order valence-corrected chi connectivity index (χ1v) is 9.35. The molecule has 0 radical (unpaired) electrons. The van der Waals surface area contributed by atoms with Gasteiger partial charge >= 0.3 is 0 Å². The second-order valence-electron chi connectivity index (χ2n) is 6.45. The molecule has 0 aliphatic heterocycles. The highest BCUT2D eigenvalue weighted by Gasteiger charge is 2.18. The molecule has 5 heteroatoms. The Morgan fingerprint density at radius 3 is 2.23 bits per heavy atom. The third-order valence-corrected chi connectivity index (χ3v) is 5.24. The summed E-state index contributed by atoms with van der Waals surface area (Å²) in [4.78, 5) is 15.6. The molecule has 5 aromatic rings. The lowest BCUT2D eigenvalue weighted by atomic mass is 10.1. The van der Waals surface area contributed by atoms with Crippen LogP contribution in [0.4, 0.5) is 0 Å². The van der Waals surface area contributed by atoms with E-state index in [1.165, 1.54) is 11.1 Å². The summed E-state index contributed by atoms with van der Waals surface area (Å²) in [6, 6.07) is 18.6. The zero-order valence-electron chi connectivity index (χ0n) is 14.5. The van der Waals surface area contributed by atoms with Crippen LogP contribution in [0.1, 0.15) is 11.1 Å². The molecule has 0 spiro atoms. The Morgan fingerprint density at radius 1 is 0.808 bits per heavy atom. The van der Waals surface area contributed by atoms with Gasteiger partial charge in [-0.25, -0.2) is 15.0 Å². The van der Waals surface area contributed by atoms with Crippen LogP contribution in [0.5, 0.6) is 0 Å².